The molecule has 2 N–H and O–H groups in total. The molecule has 1 aliphatic carbocycles. The second kappa shape index (κ2) is 16.4. The monoisotopic (exact) mass is 492 g/mol. The molecule has 0 aromatic heterocycles. The fourth-order valence-electron chi connectivity index (χ4n) is 4.86. The van der Waals surface area contributed by atoms with Gasteiger partial charge in [0.05, 0.1) is 19.3 Å². The Bertz CT molecular complexity index is 720. The minimum atomic E-state index is -0.912. The summed E-state index contributed by atoms with van der Waals surface area (Å²) in [5.74, 6) is 0.831. The molecule has 0 spiro atoms. The van der Waals surface area contributed by atoms with Crippen molar-refractivity contribution in [2.24, 2.45) is 11.8 Å². The average molecular weight is 493 g/mol. The standard InChI is InChI=1S/C28H44O5S/c1-22-16-18-23(19-17-22)34(32)20-12-8-4-3-5-9-13-24-25(27(30)21-26(24)29)14-10-6-7-11-15-28(31)33-2/h5,9,16-19,24-27,29-30H,3-4,6-8,10-15,20-21H2,1-2H3/b9-5+/t24-,25-,26-,27-,34?/m1/s1. The molecule has 192 valence electrons. The molecule has 0 radical (unpaired) electrons. The van der Waals surface area contributed by atoms with Crippen molar-refractivity contribution < 1.29 is 24.3 Å². The Balaban J connectivity index is 1.58. The van der Waals surface area contributed by atoms with Crippen LogP contribution in [-0.2, 0) is 20.7 Å². The van der Waals surface area contributed by atoms with E-state index in [9.17, 15) is 19.6 Å². The number of hydrogen-bond donors (Lipinski definition) is 2. The molecule has 1 unspecified atom stereocenters. The zero-order valence-electron chi connectivity index (χ0n) is 21.0. The van der Waals surface area contributed by atoms with Crippen LogP contribution in [0.1, 0.15) is 82.6 Å². The number of carbonyl (C=O) groups is 1. The summed E-state index contributed by atoms with van der Waals surface area (Å²) in [4.78, 5) is 12.1. The average Bonchev–Trinajstić information content (AvgIpc) is 3.09. The number of aliphatic hydroxyl groups is 2. The lowest BCUT2D eigenvalue weighted by atomic mass is 9.86. The number of hydrogen-bond acceptors (Lipinski definition) is 5. The van der Waals surface area contributed by atoms with Gasteiger partial charge in [0.25, 0.3) is 0 Å². The predicted octanol–water partition coefficient (Wildman–Crippen LogP) is 5.48. The van der Waals surface area contributed by atoms with Crippen LogP contribution in [0.3, 0.4) is 0 Å². The molecule has 5 atom stereocenters. The number of aliphatic hydroxyl groups excluding tert-OH is 2. The largest absolute Gasteiger partial charge is 0.611 e. The summed E-state index contributed by atoms with van der Waals surface area (Å²) in [6.07, 6.45) is 14.2. The van der Waals surface area contributed by atoms with Crippen molar-refractivity contribution in [1.82, 2.24) is 0 Å². The van der Waals surface area contributed by atoms with E-state index in [1.54, 1.807) is 0 Å². The predicted molar refractivity (Wildman–Crippen MR) is 138 cm³/mol. The van der Waals surface area contributed by atoms with Crippen LogP contribution in [0, 0.1) is 18.8 Å². The van der Waals surface area contributed by atoms with E-state index in [4.69, 9.17) is 0 Å². The van der Waals surface area contributed by atoms with Gasteiger partial charge in [-0.05, 0) is 93.4 Å². The van der Waals surface area contributed by atoms with Gasteiger partial charge in [0.1, 0.15) is 5.75 Å². The highest BCUT2D eigenvalue weighted by molar-refractivity contribution is 7.91. The first-order valence-corrected chi connectivity index (χ1v) is 14.3. The molecule has 1 aromatic rings. The van der Waals surface area contributed by atoms with Crippen LogP contribution in [0.4, 0.5) is 0 Å². The van der Waals surface area contributed by atoms with Crippen LogP contribution < -0.4 is 0 Å². The van der Waals surface area contributed by atoms with Crippen molar-refractivity contribution >= 4 is 17.1 Å². The Hall–Kier alpha value is -1.34. The highest BCUT2D eigenvalue weighted by Gasteiger charge is 2.40. The third-order valence-electron chi connectivity index (χ3n) is 6.98. The van der Waals surface area contributed by atoms with Crippen LogP contribution in [-0.4, -0.2) is 45.8 Å². The van der Waals surface area contributed by atoms with E-state index in [1.165, 1.54) is 12.7 Å². The zero-order valence-corrected chi connectivity index (χ0v) is 21.8. The molecule has 1 saturated carbocycles. The molecule has 1 fully saturated rings. The number of ether oxygens (including phenoxy) is 1. The van der Waals surface area contributed by atoms with E-state index >= 15 is 0 Å². The molecule has 0 heterocycles. The molecule has 5 nitrogen and oxygen atoms in total. The second-order valence-corrected chi connectivity index (χ2v) is 11.2. The minimum absolute atomic E-state index is 0.123. The van der Waals surface area contributed by atoms with E-state index in [0.717, 1.165) is 69.1 Å². The zero-order chi connectivity index (χ0) is 24.8. The number of unbranched alkanes of at least 4 members (excludes halogenated alkanes) is 6. The van der Waals surface area contributed by atoms with Crippen molar-refractivity contribution in [3.8, 4) is 0 Å². The third-order valence-corrected chi connectivity index (χ3v) is 8.43. The maximum absolute atomic E-state index is 12.3. The number of esters is 1. The van der Waals surface area contributed by atoms with Gasteiger partial charge in [-0.2, -0.15) is 0 Å². The molecule has 2 rings (SSSR count). The van der Waals surface area contributed by atoms with Gasteiger partial charge in [0.15, 0.2) is 4.90 Å². The Morgan fingerprint density at radius 1 is 1.00 bits per heavy atom. The van der Waals surface area contributed by atoms with E-state index in [1.807, 2.05) is 31.2 Å². The third kappa shape index (κ3) is 10.5. The van der Waals surface area contributed by atoms with Gasteiger partial charge in [0, 0.05) is 6.42 Å². The number of benzene rings is 1. The molecule has 0 amide bonds. The molecular formula is C28H44O5S. The molecule has 1 aliphatic rings. The van der Waals surface area contributed by atoms with Gasteiger partial charge < -0.3 is 19.5 Å². The first-order chi connectivity index (χ1) is 16.4. The van der Waals surface area contributed by atoms with Crippen molar-refractivity contribution in [2.45, 2.75) is 101 Å². The molecule has 6 heteroatoms. The minimum Gasteiger partial charge on any atom is -0.611 e. The van der Waals surface area contributed by atoms with Crippen molar-refractivity contribution in [3.63, 3.8) is 0 Å². The number of allylic oxidation sites excluding steroid dienone is 2. The highest BCUT2D eigenvalue weighted by atomic mass is 32.2. The summed E-state index contributed by atoms with van der Waals surface area (Å²) in [7, 11) is 1.42. The normalized spacial score (nSPS) is 23.4. The lowest BCUT2D eigenvalue weighted by molar-refractivity contribution is -0.140. The molecule has 0 saturated heterocycles. The maximum atomic E-state index is 12.3. The van der Waals surface area contributed by atoms with Gasteiger partial charge in [-0.3, -0.25) is 4.79 Å². The highest BCUT2D eigenvalue weighted by Crippen LogP contribution is 2.38. The molecule has 34 heavy (non-hydrogen) atoms. The SMILES string of the molecule is COC(=O)CCCCCC[C@@H]1[C@@H](C/C=C/CCCCC[S+]([O-])c2ccc(C)cc2)[C@H](O)C[C@H]1O. The summed E-state index contributed by atoms with van der Waals surface area (Å²) in [5.41, 5.74) is 1.19. The number of rotatable bonds is 16. The fourth-order valence-corrected chi connectivity index (χ4v) is 6.00. The lowest BCUT2D eigenvalue weighted by Crippen LogP contribution is -2.21. The fraction of sp³-hybridized carbons (Fsp3) is 0.679. The molecule has 0 aliphatic heterocycles. The first-order valence-electron chi connectivity index (χ1n) is 13.0. The van der Waals surface area contributed by atoms with Crippen molar-refractivity contribution in [1.29, 1.82) is 0 Å². The number of carbonyl (C=O) groups excluding carboxylic acids is 1. The van der Waals surface area contributed by atoms with Gasteiger partial charge in [-0.1, -0.05) is 49.1 Å². The van der Waals surface area contributed by atoms with E-state index in [-0.39, 0.29) is 17.8 Å². The summed E-state index contributed by atoms with van der Waals surface area (Å²) in [6, 6.07) is 7.94. The Morgan fingerprint density at radius 3 is 2.41 bits per heavy atom. The van der Waals surface area contributed by atoms with Crippen LogP contribution in [0.15, 0.2) is 41.3 Å². The summed E-state index contributed by atoms with van der Waals surface area (Å²) in [6.45, 7) is 2.04. The second-order valence-electron chi connectivity index (χ2n) is 9.65. The van der Waals surface area contributed by atoms with Crippen LogP contribution in [0.25, 0.3) is 0 Å². The topological polar surface area (TPSA) is 89.8 Å². The van der Waals surface area contributed by atoms with Crippen LogP contribution in [0.5, 0.6) is 0 Å². The smallest absolute Gasteiger partial charge is 0.305 e. The summed E-state index contributed by atoms with van der Waals surface area (Å²) < 4.78 is 17.0. The maximum Gasteiger partial charge on any atom is 0.305 e. The van der Waals surface area contributed by atoms with E-state index in [2.05, 4.69) is 16.9 Å². The Labute approximate surface area is 209 Å². The van der Waals surface area contributed by atoms with Crippen LogP contribution >= 0.6 is 0 Å². The van der Waals surface area contributed by atoms with Crippen LogP contribution in [0.2, 0.25) is 0 Å². The van der Waals surface area contributed by atoms with Gasteiger partial charge >= 0.3 is 5.97 Å². The molecule has 1 aromatic carbocycles. The number of aryl methyl sites for hydroxylation is 1. The van der Waals surface area contributed by atoms with Crippen molar-refractivity contribution in [2.75, 3.05) is 12.9 Å². The van der Waals surface area contributed by atoms with Gasteiger partial charge in [-0.15, -0.1) is 0 Å². The van der Waals surface area contributed by atoms with Gasteiger partial charge in [0.2, 0.25) is 0 Å². The quantitative estimate of drug-likeness (QED) is 0.138. The summed E-state index contributed by atoms with van der Waals surface area (Å²) in [5, 5.41) is 20.8. The molecule has 0 bridgehead atoms. The van der Waals surface area contributed by atoms with Crippen molar-refractivity contribution in [3.05, 3.63) is 42.0 Å². The van der Waals surface area contributed by atoms with E-state index < -0.39 is 23.4 Å². The Kier molecular flexibility index (Phi) is 13.9. The van der Waals surface area contributed by atoms with E-state index in [0.29, 0.717) is 18.6 Å². The first kappa shape index (κ1) is 28.9. The summed E-state index contributed by atoms with van der Waals surface area (Å²) >= 11 is -0.912. The Morgan fingerprint density at radius 2 is 1.68 bits per heavy atom. The van der Waals surface area contributed by atoms with Gasteiger partial charge in [-0.25, -0.2) is 0 Å². The lowest BCUT2D eigenvalue weighted by Gasteiger charge is -2.22. The molecular weight excluding hydrogens is 448 g/mol. The number of methoxy groups -OCH3 is 1.